The van der Waals surface area contributed by atoms with Gasteiger partial charge in [0.2, 0.25) is 0 Å². The van der Waals surface area contributed by atoms with E-state index in [0.717, 1.165) is 50.1 Å². The van der Waals surface area contributed by atoms with Crippen molar-refractivity contribution in [1.29, 1.82) is 0 Å². The smallest absolute Gasteiger partial charge is 0.254 e. The van der Waals surface area contributed by atoms with Crippen LogP contribution in [-0.4, -0.2) is 45.4 Å². The molecule has 2 aromatic heterocycles. The molecular formula is C18H19N3O2S2. The van der Waals surface area contributed by atoms with Crippen LogP contribution < -0.4 is 0 Å². The van der Waals surface area contributed by atoms with Gasteiger partial charge in [-0.3, -0.25) is 4.79 Å². The summed E-state index contributed by atoms with van der Waals surface area (Å²) in [5.74, 6) is 0.0818. The molecule has 25 heavy (non-hydrogen) atoms. The molecule has 0 N–H and O–H groups in total. The van der Waals surface area contributed by atoms with Crippen LogP contribution in [0.25, 0.3) is 11.0 Å². The molecule has 1 aliphatic heterocycles. The zero-order valence-corrected chi connectivity index (χ0v) is 15.4. The second kappa shape index (κ2) is 7.59. The minimum Gasteiger partial charge on any atom is -0.381 e. The Morgan fingerprint density at radius 3 is 2.84 bits per heavy atom. The lowest BCUT2D eigenvalue weighted by atomic mass is 10.0. The maximum Gasteiger partial charge on any atom is 0.254 e. The lowest BCUT2D eigenvalue weighted by Gasteiger charge is -2.34. The highest BCUT2D eigenvalue weighted by molar-refractivity contribution is 7.09. The molecule has 0 bridgehead atoms. The van der Waals surface area contributed by atoms with E-state index in [9.17, 15) is 4.79 Å². The molecule has 0 spiro atoms. The van der Waals surface area contributed by atoms with Gasteiger partial charge in [-0.15, -0.1) is 11.3 Å². The first-order chi connectivity index (χ1) is 12.3. The third kappa shape index (κ3) is 3.73. The second-order valence-electron chi connectivity index (χ2n) is 6.14. The van der Waals surface area contributed by atoms with Crippen molar-refractivity contribution < 1.29 is 9.53 Å². The van der Waals surface area contributed by atoms with Gasteiger partial charge in [0, 0.05) is 36.2 Å². The average Bonchev–Trinajstić information content (AvgIpc) is 3.33. The lowest BCUT2D eigenvalue weighted by molar-refractivity contribution is 0.0294. The van der Waals surface area contributed by atoms with Gasteiger partial charge in [0.15, 0.2) is 0 Å². The van der Waals surface area contributed by atoms with Gasteiger partial charge in [0.1, 0.15) is 11.0 Å². The van der Waals surface area contributed by atoms with Crippen LogP contribution >= 0.6 is 23.1 Å². The number of benzene rings is 1. The summed E-state index contributed by atoms with van der Waals surface area (Å²) in [7, 11) is 0. The summed E-state index contributed by atoms with van der Waals surface area (Å²) >= 11 is 2.92. The molecule has 0 saturated carbocycles. The first-order valence-corrected chi connectivity index (χ1v) is 10.1. The van der Waals surface area contributed by atoms with Gasteiger partial charge in [-0.2, -0.15) is 8.75 Å². The molecule has 1 amide bonds. The van der Waals surface area contributed by atoms with Crippen molar-refractivity contribution >= 4 is 40.0 Å². The quantitative estimate of drug-likeness (QED) is 0.685. The first-order valence-electron chi connectivity index (χ1n) is 8.45. The predicted octanol–water partition coefficient (Wildman–Crippen LogP) is 3.62. The van der Waals surface area contributed by atoms with E-state index in [1.807, 2.05) is 23.1 Å². The first kappa shape index (κ1) is 16.6. The number of hydrogen-bond acceptors (Lipinski definition) is 6. The number of ether oxygens (including phenoxy) is 1. The summed E-state index contributed by atoms with van der Waals surface area (Å²) in [6, 6.07) is 10.0. The second-order valence-corrected chi connectivity index (χ2v) is 7.70. The largest absolute Gasteiger partial charge is 0.381 e. The highest BCUT2D eigenvalue weighted by Crippen LogP contribution is 2.21. The van der Waals surface area contributed by atoms with Gasteiger partial charge in [-0.25, -0.2) is 0 Å². The summed E-state index contributed by atoms with van der Waals surface area (Å²) in [4.78, 5) is 16.6. The van der Waals surface area contributed by atoms with E-state index < -0.39 is 0 Å². The Morgan fingerprint density at radius 2 is 2.04 bits per heavy atom. The monoisotopic (exact) mass is 373 g/mol. The number of carbonyl (C=O) groups is 1. The summed E-state index contributed by atoms with van der Waals surface area (Å²) in [6.07, 6.45) is 2.69. The molecule has 0 atom stereocenters. The van der Waals surface area contributed by atoms with Gasteiger partial charge in [-0.05, 0) is 48.9 Å². The maximum absolute atomic E-state index is 13.2. The normalized spacial score (nSPS) is 15.5. The zero-order valence-electron chi connectivity index (χ0n) is 13.8. The Bertz CT molecular complexity index is 841. The standard InChI is InChI=1S/C18H19N3O2S2/c22-18(13-3-4-16-17(12-13)20-25-19-16)21(14-6-9-23-10-7-14)8-5-15-2-1-11-24-15/h1-4,11-12,14H,5-10H2. The molecule has 0 aliphatic carbocycles. The van der Waals surface area contributed by atoms with Crippen molar-refractivity contribution in [3.05, 3.63) is 46.2 Å². The molecule has 1 aromatic carbocycles. The topological polar surface area (TPSA) is 55.3 Å². The summed E-state index contributed by atoms with van der Waals surface area (Å²) in [6.45, 7) is 2.18. The number of aromatic nitrogens is 2. The molecule has 0 radical (unpaired) electrons. The van der Waals surface area contributed by atoms with E-state index in [1.165, 1.54) is 16.6 Å². The highest BCUT2D eigenvalue weighted by Gasteiger charge is 2.26. The minimum atomic E-state index is 0.0818. The number of fused-ring (bicyclic) bond motifs is 1. The van der Waals surface area contributed by atoms with Crippen LogP contribution in [0.4, 0.5) is 0 Å². The number of nitrogens with zero attached hydrogens (tertiary/aromatic N) is 3. The van der Waals surface area contributed by atoms with Gasteiger partial charge in [0.25, 0.3) is 5.91 Å². The van der Waals surface area contributed by atoms with E-state index in [1.54, 1.807) is 11.3 Å². The van der Waals surface area contributed by atoms with Crippen molar-refractivity contribution in [2.75, 3.05) is 19.8 Å². The summed E-state index contributed by atoms with van der Waals surface area (Å²) in [5.41, 5.74) is 2.33. The Hall–Kier alpha value is -1.83. The molecule has 0 unspecified atom stereocenters. The van der Waals surface area contributed by atoms with Crippen LogP contribution in [0, 0.1) is 0 Å². The molecule has 1 fully saturated rings. The van der Waals surface area contributed by atoms with E-state index in [-0.39, 0.29) is 11.9 Å². The van der Waals surface area contributed by atoms with Crippen molar-refractivity contribution in [3.63, 3.8) is 0 Å². The minimum absolute atomic E-state index is 0.0818. The summed E-state index contributed by atoms with van der Waals surface area (Å²) in [5, 5.41) is 2.08. The predicted molar refractivity (Wildman–Crippen MR) is 100 cm³/mol. The summed E-state index contributed by atoms with van der Waals surface area (Å²) < 4.78 is 14.0. The Balaban J connectivity index is 1.57. The van der Waals surface area contributed by atoms with E-state index in [2.05, 4.69) is 26.3 Å². The fourth-order valence-electron chi connectivity index (χ4n) is 3.21. The number of amides is 1. The van der Waals surface area contributed by atoms with Gasteiger partial charge in [0.05, 0.1) is 11.7 Å². The fourth-order valence-corrected chi connectivity index (χ4v) is 4.43. The molecule has 1 saturated heterocycles. The van der Waals surface area contributed by atoms with Crippen LogP contribution in [0.15, 0.2) is 35.7 Å². The molecular weight excluding hydrogens is 354 g/mol. The molecule has 5 nitrogen and oxygen atoms in total. The Labute approximate surface area is 154 Å². The number of rotatable bonds is 5. The number of carbonyl (C=O) groups excluding carboxylic acids is 1. The highest BCUT2D eigenvalue weighted by atomic mass is 32.1. The molecule has 3 heterocycles. The van der Waals surface area contributed by atoms with Crippen LogP contribution in [0.2, 0.25) is 0 Å². The van der Waals surface area contributed by atoms with Crippen LogP contribution in [0.5, 0.6) is 0 Å². The van der Waals surface area contributed by atoms with Gasteiger partial charge >= 0.3 is 0 Å². The van der Waals surface area contributed by atoms with Gasteiger partial charge < -0.3 is 9.64 Å². The fraction of sp³-hybridized carbons (Fsp3) is 0.389. The van der Waals surface area contributed by atoms with Crippen molar-refractivity contribution in [2.24, 2.45) is 0 Å². The van der Waals surface area contributed by atoms with Crippen molar-refractivity contribution in [3.8, 4) is 0 Å². The molecule has 1 aliphatic rings. The van der Waals surface area contributed by atoms with Gasteiger partial charge in [-0.1, -0.05) is 6.07 Å². The number of hydrogen-bond donors (Lipinski definition) is 0. The molecule has 3 aromatic rings. The average molecular weight is 374 g/mol. The zero-order chi connectivity index (χ0) is 17.1. The maximum atomic E-state index is 13.2. The third-order valence-electron chi connectivity index (χ3n) is 4.57. The third-order valence-corrected chi connectivity index (χ3v) is 6.07. The van der Waals surface area contributed by atoms with E-state index in [4.69, 9.17) is 4.74 Å². The lowest BCUT2D eigenvalue weighted by Crippen LogP contribution is -2.44. The SMILES string of the molecule is O=C(c1ccc2nsnc2c1)N(CCc1cccs1)C1CCOCC1. The molecule has 7 heteroatoms. The van der Waals surface area contributed by atoms with Crippen LogP contribution in [-0.2, 0) is 11.2 Å². The van der Waals surface area contributed by atoms with E-state index in [0.29, 0.717) is 5.56 Å². The van der Waals surface area contributed by atoms with Crippen molar-refractivity contribution in [2.45, 2.75) is 25.3 Å². The molecule has 130 valence electrons. The number of thiophene rings is 1. The van der Waals surface area contributed by atoms with Crippen LogP contribution in [0.3, 0.4) is 0 Å². The van der Waals surface area contributed by atoms with E-state index >= 15 is 0 Å². The molecule has 4 rings (SSSR count). The Kier molecular flexibility index (Phi) is 5.05. The van der Waals surface area contributed by atoms with Crippen molar-refractivity contribution in [1.82, 2.24) is 13.6 Å². The Morgan fingerprint density at radius 1 is 1.20 bits per heavy atom. The van der Waals surface area contributed by atoms with Crippen LogP contribution in [0.1, 0.15) is 28.1 Å².